The Labute approximate surface area is 115 Å². The maximum atomic E-state index is 5.85. The summed E-state index contributed by atoms with van der Waals surface area (Å²) in [5.74, 6) is 1.64. The van der Waals surface area contributed by atoms with Crippen molar-refractivity contribution in [3.8, 4) is 11.5 Å². The molecule has 0 aliphatic rings. The van der Waals surface area contributed by atoms with Gasteiger partial charge in [-0.3, -0.25) is 0 Å². The molecule has 0 spiro atoms. The van der Waals surface area contributed by atoms with Gasteiger partial charge in [0.2, 0.25) is 0 Å². The van der Waals surface area contributed by atoms with Crippen LogP contribution in [0.3, 0.4) is 0 Å². The predicted molar refractivity (Wildman–Crippen MR) is 77.7 cm³/mol. The van der Waals surface area contributed by atoms with Crippen LogP contribution in [0, 0.1) is 6.92 Å². The fraction of sp³-hybridized carbons (Fsp3) is 0.294. The van der Waals surface area contributed by atoms with Gasteiger partial charge in [0, 0.05) is 0 Å². The number of rotatable bonds is 6. The van der Waals surface area contributed by atoms with Crippen molar-refractivity contribution in [2.75, 3.05) is 6.61 Å². The highest BCUT2D eigenvalue weighted by atomic mass is 16.5. The predicted octanol–water partition coefficient (Wildman–Crippen LogP) is 4.36. The van der Waals surface area contributed by atoms with Crippen molar-refractivity contribution in [2.24, 2.45) is 0 Å². The van der Waals surface area contributed by atoms with E-state index in [4.69, 9.17) is 9.47 Å². The van der Waals surface area contributed by atoms with E-state index in [1.54, 1.807) is 0 Å². The van der Waals surface area contributed by atoms with Gasteiger partial charge < -0.3 is 9.47 Å². The Morgan fingerprint density at radius 3 is 2.42 bits per heavy atom. The lowest BCUT2D eigenvalue weighted by Gasteiger charge is -2.13. The minimum atomic E-state index is 0.562. The maximum Gasteiger partial charge on any atom is 0.161 e. The molecule has 0 saturated carbocycles. The fourth-order valence-corrected chi connectivity index (χ4v) is 1.79. The summed E-state index contributed by atoms with van der Waals surface area (Å²) in [6.07, 6.45) is 0.992. The molecule has 0 aromatic heterocycles. The van der Waals surface area contributed by atoms with Crippen LogP contribution in [0.15, 0.2) is 48.5 Å². The van der Waals surface area contributed by atoms with Crippen molar-refractivity contribution >= 4 is 0 Å². The van der Waals surface area contributed by atoms with Crippen molar-refractivity contribution in [2.45, 2.75) is 26.9 Å². The molecule has 0 saturated heterocycles. The first kappa shape index (κ1) is 13.5. The van der Waals surface area contributed by atoms with Crippen LogP contribution in [0.2, 0.25) is 0 Å². The Bertz CT molecular complexity index is 506. The van der Waals surface area contributed by atoms with Crippen LogP contribution in [-0.4, -0.2) is 6.61 Å². The normalized spacial score (nSPS) is 10.2. The Hall–Kier alpha value is -1.96. The van der Waals surface area contributed by atoms with Crippen LogP contribution in [0.4, 0.5) is 0 Å². The summed E-state index contributed by atoms with van der Waals surface area (Å²) < 4.78 is 11.6. The minimum Gasteiger partial charge on any atom is -0.490 e. The fourth-order valence-electron chi connectivity index (χ4n) is 1.79. The second-order valence-corrected chi connectivity index (χ2v) is 4.57. The standard InChI is InChI=1S/C17H20O2/c1-3-11-18-17-12-14(2)9-10-16(17)19-13-15-7-5-4-6-8-15/h4-10,12H,3,11,13H2,1-2H3. The Morgan fingerprint density at radius 1 is 0.895 bits per heavy atom. The average Bonchev–Trinajstić information content (AvgIpc) is 2.45. The third-order valence-electron chi connectivity index (χ3n) is 2.80. The molecule has 0 aliphatic heterocycles. The number of aryl methyl sites for hydroxylation is 1. The van der Waals surface area contributed by atoms with E-state index in [1.165, 1.54) is 5.56 Å². The van der Waals surface area contributed by atoms with Crippen LogP contribution in [0.1, 0.15) is 24.5 Å². The molecule has 2 aromatic carbocycles. The Morgan fingerprint density at radius 2 is 1.68 bits per heavy atom. The molecule has 2 nitrogen and oxygen atoms in total. The molecule has 2 aromatic rings. The lowest BCUT2D eigenvalue weighted by atomic mass is 10.2. The summed E-state index contributed by atoms with van der Waals surface area (Å²) in [4.78, 5) is 0. The topological polar surface area (TPSA) is 18.5 Å². The molecule has 2 rings (SSSR count). The van der Waals surface area contributed by atoms with Crippen LogP contribution in [0.25, 0.3) is 0 Å². The summed E-state index contributed by atoms with van der Waals surface area (Å²) in [6.45, 7) is 5.43. The zero-order valence-electron chi connectivity index (χ0n) is 11.6. The van der Waals surface area contributed by atoms with Crippen LogP contribution >= 0.6 is 0 Å². The quantitative estimate of drug-likeness (QED) is 0.764. The van der Waals surface area contributed by atoms with E-state index < -0.39 is 0 Å². The minimum absolute atomic E-state index is 0.562. The zero-order valence-corrected chi connectivity index (χ0v) is 11.6. The Kier molecular flexibility index (Phi) is 4.85. The molecule has 0 bridgehead atoms. The Balaban J connectivity index is 2.06. The van der Waals surface area contributed by atoms with Crippen molar-refractivity contribution in [1.29, 1.82) is 0 Å². The van der Waals surface area contributed by atoms with E-state index in [-0.39, 0.29) is 0 Å². The van der Waals surface area contributed by atoms with E-state index in [9.17, 15) is 0 Å². The molecular formula is C17H20O2. The largest absolute Gasteiger partial charge is 0.490 e. The summed E-state index contributed by atoms with van der Waals surface area (Å²) in [6, 6.07) is 16.2. The van der Waals surface area contributed by atoms with Gasteiger partial charge in [0.15, 0.2) is 11.5 Å². The van der Waals surface area contributed by atoms with Crippen LogP contribution in [0.5, 0.6) is 11.5 Å². The number of hydrogen-bond donors (Lipinski definition) is 0. The van der Waals surface area contributed by atoms with Crippen molar-refractivity contribution in [3.63, 3.8) is 0 Å². The number of benzene rings is 2. The molecule has 100 valence electrons. The lowest BCUT2D eigenvalue weighted by molar-refractivity contribution is 0.261. The van der Waals surface area contributed by atoms with Crippen LogP contribution in [-0.2, 0) is 6.61 Å². The molecule has 0 amide bonds. The highest BCUT2D eigenvalue weighted by Gasteiger charge is 2.05. The molecule has 0 fully saturated rings. The maximum absolute atomic E-state index is 5.85. The highest BCUT2D eigenvalue weighted by molar-refractivity contribution is 5.42. The second-order valence-electron chi connectivity index (χ2n) is 4.57. The smallest absolute Gasteiger partial charge is 0.161 e. The van der Waals surface area contributed by atoms with Gasteiger partial charge in [0.05, 0.1) is 6.61 Å². The monoisotopic (exact) mass is 256 g/mol. The zero-order chi connectivity index (χ0) is 13.5. The third-order valence-corrected chi connectivity index (χ3v) is 2.80. The summed E-state index contributed by atoms with van der Waals surface area (Å²) in [5.41, 5.74) is 2.34. The SMILES string of the molecule is CCCOc1cc(C)ccc1OCc1ccccc1. The van der Waals surface area contributed by atoms with Crippen molar-refractivity contribution < 1.29 is 9.47 Å². The molecule has 0 aliphatic carbocycles. The molecule has 0 atom stereocenters. The van der Waals surface area contributed by atoms with Gasteiger partial charge in [-0.05, 0) is 36.6 Å². The molecule has 0 N–H and O–H groups in total. The average molecular weight is 256 g/mol. The first-order valence-electron chi connectivity index (χ1n) is 6.69. The molecule has 0 radical (unpaired) electrons. The van der Waals surface area contributed by atoms with E-state index in [2.05, 4.69) is 26.0 Å². The van der Waals surface area contributed by atoms with Crippen molar-refractivity contribution in [3.05, 3.63) is 59.7 Å². The van der Waals surface area contributed by atoms with Gasteiger partial charge in [-0.1, -0.05) is 43.3 Å². The lowest BCUT2D eigenvalue weighted by Crippen LogP contribution is -2.01. The van der Waals surface area contributed by atoms with E-state index in [0.717, 1.165) is 23.5 Å². The molecule has 2 heteroatoms. The molecule has 19 heavy (non-hydrogen) atoms. The summed E-state index contributed by atoms with van der Waals surface area (Å²) >= 11 is 0. The summed E-state index contributed by atoms with van der Waals surface area (Å²) in [5, 5.41) is 0. The summed E-state index contributed by atoms with van der Waals surface area (Å²) in [7, 11) is 0. The number of hydrogen-bond acceptors (Lipinski definition) is 2. The molecule has 0 unspecified atom stereocenters. The van der Waals surface area contributed by atoms with E-state index in [1.807, 2.05) is 36.4 Å². The van der Waals surface area contributed by atoms with Crippen molar-refractivity contribution in [1.82, 2.24) is 0 Å². The molecular weight excluding hydrogens is 236 g/mol. The van der Waals surface area contributed by atoms with E-state index >= 15 is 0 Å². The van der Waals surface area contributed by atoms with Gasteiger partial charge >= 0.3 is 0 Å². The highest BCUT2D eigenvalue weighted by Crippen LogP contribution is 2.29. The number of ether oxygens (including phenoxy) is 2. The van der Waals surface area contributed by atoms with Gasteiger partial charge in [-0.15, -0.1) is 0 Å². The van der Waals surface area contributed by atoms with Gasteiger partial charge in [0.1, 0.15) is 6.61 Å². The van der Waals surface area contributed by atoms with Gasteiger partial charge in [-0.2, -0.15) is 0 Å². The first-order valence-corrected chi connectivity index (χ1v) is 6.69. The second kappa shape index (κ2) is 6.83. The van der Waals surface area contributed by atoms with E-state index in [0.29, 0.717) is 13.2 Å². The van der Waals surface area contributed by atoms with Gasteiger partial charge in [0.25, 0.3) is 0 Å². The van der Waals surface area contributed by atoms with Crippen LogP contribution < -0.4 is 9.47 Å². The van der Waals surface area contributed by atoms with Gasteiger partial charge in [-0.25, -0.2) is 0 Å². The molecule has 0 heterocycles. The first-order chi connectivity index (χ1) is 9.29. The third kappa shape index (κ3) is 4.02.